The minimum Gasteiger partial charge on any atom is -0.443 e. The van der Waals surface area contributed by atoms with Gasteiger partial charge in [0.1, 0.15) is 11.4 Å². The zero-order valence-corrected chi connectivity index (χ0v) is 17.2. The summed E-state index contributed by atoms with van der Waals surface area (Å²) in [6.45, 7) is -1.32. The van der Waals surface area contributed by atoms with Crippen LogP contribution in [0.1, 0.15) is 20.7 Å². The molecule has 0 unspecified atom stereocenters. The number of halogens is 2. The molecule has 0 aromatic heterocycles. The number of sulfonamides is 1. The lowest BCUT2D eigenvalue weighted by Gasteiger charge is -2.14. The third-order valence-corrected chi connectivity index (χ3v) is 6.20. The van der Waals surface area contributed by atoms with Gasteiger partial charge in [0.2, 0.25) is 10.0 Å². The lowest BCUT2D eigenvalue weighted by molar-refractivity contribution is -0.144. The normalized spacial score (nSPS) is 13.6. The molecule has 0 aliphatic carbocycles. The summed E-state index contributed by atoms with van der Waals surface area (Å²) in [5.74, 6) is -2.14. The van der Waals surface area contributed by atoms with E-state index in [1.165, 1.54) is 30.3 Å². The van der Waals surface area contributed by atoms with Crippen LogP contribution in [0.4, 0.5) is 0 Å². The number of imide groups is 1. The van der Waals surface area contributed by atoms with E-state index in [4.69, 9.17) is 16.3 Å². The molecule has 2 aromatic rings. The summed E-state index contributed by atoms with van der Waals surface area (Å²) < 4.78 is 32.0. The molecule has 3 rings (SSSR count). The van der Waals surface area contributed by atoms with Crippen molar-refractivity contribution in [3.63, 3.8) is 0 Å². The highest BCUT2D eigenvalue weighted by Gasteiger charge is 2.35. The standard InChI is InChI=1S/C17H12BrClN2O6S/c18-10-5-6-14(13(19)7-10)28(25,26)20-8-15(22)27-9-21-16(23)11-3-1-2-4-12(11)17(21)24/h1-7,20H,8-9H2. The van der Waals surface area contributed by atoms with Crippen LogP contribution in [0, 0.1) is 0 Å². The molecule has 8 nitrogen and oxygen atoms in total. The highest BCUT2D eigenvalue weighted by molar-refractivity contribution is 9.10. The van der Waals surface area contributed by atoms with Gasteiger partial charge in [0.05, 0.1) is 16.1 Å². The van der Waals surface area contributed by atoms with Gasteiger partial charge in [-0.2, -0.15) is 4.72 Å². The zero-order chi connectivity index (χ0) is 20.5. The van der Waals surface area contributed by atoms with Gasteiger partial charge in [-0.1, -0.05) is 39.7 Å². The molecule has 2 amide bonds. The van der Waals surface area contributed by atoms with Gasteiger partial charge in [-0.05, 0) is 30.3 Å². The molecule has 0 radical (unpaired) electrons. The van der Waals surface area contributed by atoms with Gasteiger partial charge in [-0.3, -0.25) is 14.4 Å². The van der Waals surface area contributed by atoms with E-state index in [9.17, 15) is 22.8 Å². The summed E-state index contributed by atoms with van der Waals surface area (Å²) >= 11 is 9.07. The fraction of sp³-hybridized carbons (Fsp3) is 0.118. The first-order valence-electron chi connectivity index (χ1n) is 7.76. The molecular weight excluding hydrogens is 476 g/mol. The number of rotatable bonds is 6. The smallest absolute Gasteiger partial charge is 0.322 e. The zero-order valence-electron chi connectivity index (χ0n) is 14.0. The van der Waals surface area contributed by atoms with Gasteiger partial charge < -0.3 is 4.74 Å². The summed E-state index contributed by atoms with van der Waals surface area (Å²) in [6.07, 6.45) is 0. The molecule has 0 fully saturated rings. The third kappa shape index (κ3) is 4.09. The topological polar surface area (TPSA) is 110 Å². The second kappa shape index (κ2) is 8.00. The Hall–Kier alpha value is -2.27. The number of carbonyl (C=O) groups is 3. The van der Waals surface area contributed by atoms with Crippen molar-refractivity contribution in [3.8, 4) is 0 Å². The number of amides is 2. The Morgan fingerprint density at radius 3 is 2.29 bits per heavy atom. The van der Waals surface area contributed by atoms with Crippen molar-refractivity contribution < 1.29 is 27.5 Å². The number of carbonyl (C=O) groups excluding carboxylic acids is 3. The van der Waals surface area contributed by atoms with Crippen LogP contribution in [-0.2, 0) is 19.6 Å². The Morgan fingerprint density at radius 1 is 1.11 bits per heavy atom. The number of esters is 1. The van der Waals surface area contributed by atoms with Crippen LogP contribution in [0.5, 0.6) is 0 Å². The molecule has 0 atom stereocenters. The second-order valence-electron chi connectivity index (χ2n) is 5.63. The van der Waals surface area contributed by atoms with Gasteiger partial charge in [0.25, 0.3) is 11.8 Å². The van der Waals surface area contributed by atoms with Crippen LogP contribution in [0.25, 0.3) is 0 Å². The number of hydrogen-bond acceptors (Lipinski definition) is 6. The van der Waals surface area contributed by atoms with E-state index in [-0.39, 0.29) is 21.0 Å². The maximum absolute atomic E-state index is 12.2. The average Bonchev–Trinajstić information content (AvgIpc) is 2.89. The van der Waals surface area contributed by atoms with E-state index in [0.29, 0.717) is 4.47 Å². The summed E-state index contributed by atoms with van der Waals surface area (Å²) in [4.78, 5) is 36.8. The van der Waals surface area contributed by atoms with E-state index < -0.39 is 41.1 Å². The first kappa shape index (κ1) is 20.5. The summed E-state index contributed by atoms with van der Waals surface area (Å²) in [5.41, 5.74) is 0.434. The lowest BCUT2D eigenvalue weighted by Crippen LogP contribution is -2.36. The molecule has 0 spiro atoms. The first-order valence-corrected chi connectivity index (χ1v) is 10.4. The number of ether oxygens (including phenoxy) is 1. The maximum Gasteiger partial charge on any atom is 0.322 e. The number of fused-ring (bicyclic) bond motifs is 1. The van der Waals surface area contributed by atoms with Gasteiger partial charge in [-0.25, -0.2) is 13.3 Å². The van der Waals surface area contributed by atoms with Crippen molar-refractivity contribution in [2.75, 3.05) is 13.3 Å². The highest BCUT2D eigenvalue weighted by atomic mass is 79.9. The predicted molar refractivity (Wildman–Crippen MR) is 102 cm³/mol. The van der Waals surface area contributed by atoms with Crippen molar-refractivity contribution in [2.24, 2.45) is 0 Å². The maximum atomic E-state index is 12.2. The van der Waals surface area contributed by atoms with Crippen LogP contribution in [0.3, 0.4) is 0 Å². The Kier molecular flexibility index (Phi) is 5.84. The first-order chi connectivity index (χ1) is 13.2. The van der Waals surface area contributed by atoms with Gasteiger partial charge in [0, 0.05) is 4.47 Å². The van der Waals surface area contributed by atoms with Crippen LogP contribution >= 0.6 is 27.5 Å². The molecular formula is C17H12BrClN2O6S. The molecule has 1 N–H and O–H groups in total. The van der Waals surface area contributed by atoms with Crippen LogP contribution in [-0.4, -0.2) is 44.4 Å². The molecule has 0 saturated carbocycles. The molecule has 1 aliphatic heterocycles. The van der Waals surface area contributed by atoms with Crippen molar-refractivity contribution in [1.29, 1.82) is 0 Å². The predicted octanol–water partition coefficient (Wildman–Crippen LogP) is 2.18. The Balaban J connectivity index is 1.58. The largest absolute Gasteiger partial charge is 0.443 e. The number of hydrogen-bond donors (Lipinski definition) is 1. The fourth-order valence-electron chi connectivity index (χ4n) is 2.47. The minimum atomic E-state index is -4.06. The Bertz CT molecular complexity index is 1050. The number of nitrogens with zero attached hydrogens (tertiary/aromatic N) is 1. The Morgan fingerprint density at radius 2 is 1.71 bits per heavy atom. The minimum absolute atomic E-state index is 0.0266. The molecule has 1 heterocycles. The van der Waals surface area contributed by atoms with Crippen molar-refractivity contribution in [1.82, 2.24) is 9.62 Å². The number of nitrogens with one attached hydrogen (secondary N) is 1. The Labute approximate surface area is 173 Å². The SMILES string of the molecule is O=C(CNS(=O)(=O)c1ccc(Br)cc1Cl)OCN1C(=O)c2ccccc2C1=O. The monoisotopic (exact) mass is 486 g/mol. The fourth-order valence-corrected chi connectivity index (χ4v) is 4.47. The van der Waals surface area contributed by atoms with Crippen molar-refractivity contribution >= 4 is 55.3 Å². The highest BCUT2D eigenvalue weighted by Crippen LogP contribution is 2.25. The lowest BCUT2D eigenvalue weighted by atomic mass is 10.1. The third-order valence-electron chi connectivity index (χ3n) is 3.82. The van der Waals surface area contributed by atoms with Crippen LogP contribution in [0.2, 0.25) is 5.02 Å². The van der Waals surface area contributed by atoms with Gasteiger partial charge >= 0.3 is 5.97 Å². The summed E-state index contributed by atoms with van der Waals surface area (Å²) in [6, 6.07) is 10.4. The average molecular weight is 488 g/mol. The van der Waals surface area contributed by atoms with E-state index in [1.54, 1.807) is 12.1 Å². The van der Waals surface area contributed by atoms with Gasteiger partial charge in [-0.15, -0.1) is 0 Å². The molecule has 0 saturated heterocycles. The van der Waals surface area contributed by atoms with Crippen molar-refractivity contribution in [2.45, 2.75) is 4.90 Å². The van der Waals surface area contributed by atoms with Gasteiger partial charge in [0.15, 0.2) is 6.73 Å². The van der Waals surface area contributed by atoms with E-state index in [1.807, 2.05) is 0 Å². The molecule has 2 aromatic carbocycles. The van der Waals surface area contributed by atoms with E-state index in [0.717, 1.165) is 4.90 Å². The summed E-state index contributed by atoms with van der Waals surface area (Å²) in [7, 11) is -4.06. The van der Waals surface area contributed by atoms with E-state index in [2.05, 4.69) is 20.7 Å². The van der Waals surface area contributed by atoms with E-state index >= 15 is 0 Å². The van der Waals surface area contributed by atoms with Crippen molar-refractivity contribution in [3.05, 3.63) is 63.1 Å². The molecule has 28 heavy (non-hydrogen) atoms. The molecule has 1 aliphatic rings. The van der Waals surface area contributed by atoms with Crippen LogP contribution in [0.15, 0.2) is 51.8 Å². The summed E-state index contributed by atoms with van der Waals surface area (Å²) in [5, 5.41) is -0.0266. The molecule has 11 heteroatoms. The number of benzene rings is 2. The molecule has 146 valence electrons. The quantitative estimate of drug-likeness (QED) is 0.494. The van der Waals surface area contributed by atoms with Crippen LogP contribution < -0.4 is 4.72 Å². The molecule has 0 bridgehead atoms. The second-order valence-corrected chi connectivity index (χ2v) is 8.69.